The summed E-state index contributed by atoms with van der Waals surface area (Å²) in [5.41, 5.74) is 0.737. The lowest BCUT2D eigenvalue weighted by Gasteiger charge is -2.22. The first-order valence-electron chi connectivity index (χ1n) is 6.91. The van der Waals surface area contributed by atoms with Crippen molar-refractivity contribution in [3.05, 3.63) is 33.4 Å². The number of hydrogen-bond donors (Lipinski definition) is 1. The molecular weight excluding hydrogens is 353 g/mol. The quantitative estimate of drug-likeness (QED) is 0.635. The molecule has 0 atom stereocenters. The first kappa shape index (κ1) is 14.8. The fourth-order valence-corrected chi connectivity index (χ4v) is 2.99. The maximum Gasteiger partial charge on any atom is 0.252 e. The molecule has 1 aliphatic carbocycles. The van der Waals surface area contributed by atoms with Crippen LogP contribution in [-0.2, 0) is 4.74 Å². The molecule has 0 aromatic heterocycles. The Morgan fingerprint density at radius 2 is 2.00 bits per heavy atom. The average Bonchev–Trinajstić information content (AvgIpc) is 2.45. The second-order valence-corrected chi connectivity index (χ2v) is 6.03. The molecule has 0 unspecified atom stereocenters. The summed E-state index contributed by atoms with van der Waals surface area (Å²) >= 11 is 2.18. The molecule has 1 aromatic carbocycles. The molecule has 1 amide bonds. The van der Waals surface area contributed by atoms with Crippen LogP contribution in [0.3, 0.4) is 0 Å². The third-order valence-electron chi connectivity index (χ3n) is 3.41. The highest BCUT2D eigenvalue weighted by atomic mass is 127. The molecule has 1 fully saturated rings. The van der Waals surface area contributed by atoms with Crippen LogP contribution < -0.4 is 5.32 Å². The zero-order valence-corrected chi connectivity index (χ0v) is 13.2. The third kappa shape index (κ3) is 4.76. The summed E-state index contributed by atoms with van der Waals surface area (Å²) in [6.07, 6.45) is 6.64. The number of rotatable bonds is 5. The van der Waals surface area contributed by atoms with Crippen molar-refractivity contribution in [2.75, 3.05) is 13.2 Å². The number of carbonyl (C=O) groups is 1. The van der Waals surface area contributed by atoms with E-state index in [1.54, 1.807) is 0 Å². The van der Waals surface area contributed by atoms with Crippen LogP contribution in [0.1, 0.15) is 42.5 Å². The van der Waals surface area contributed by atoms with Crippen LogP contribution in [0.4, 0.5) is 0 Å². The van der Waals surface area contributed by atoms with Crippen LogP contribution >= 0.6 is 22.6 Å². The third-order valence-corrected chi connectivity index (χ3v) is 4.35. The van der Waals surface area contributed by atoms with Crippen molar-refractivity contribution in [3.8, 4) is 0 Å². The summed E-state index contributed by atoms with van der Waals surface area (Å²) in [7, 11) is 0. The van der Waals surface area contributed by atoms with E-state index in [0.717, 1.165) is 9.13 Å². The van der Waals surface area contributed by atoms with Crippen LogP contribution in [-0.4, -0.2) is 25.2 Å². The van der Waals surface area contributed by atoms with Gasteiger partial charge < -0.3 is 10.1 Å². The molecule has 104 valence electrons. The standard InChI is InChI=1S/C15H20INO2/c16-14-9-5-4-8-13(14)15(18)17-10-11-19-12-6-2-1-3-7-12/h4-5,8-9,12H,1-3,6-7,10-11H2,(H,17,18). The Balaban J connectivity index is 1.68. The Bertz CT molecular complexity index is 416. The lowest BCUT2D eigenvalue weighted by Crippen LogP contribution is -2.29. The number of amides is 1. The largest absolute Gasteiger partial charge is 0.376 e. The molecule has 1 saturated carbocycles. The van der Waals surface area contributed by atoms with E-state index in [1.165, 1.54) is 32.1 Å². The molecule has 2 rings (SSSR count). The van der Waals surface area contributed by atoms with Gasteiger partial charge in [0.25, 0.3) is 5.91 Å². The maximum atomic E-state index is 11.9. The summed E-state index contributed by atoms with van der Waals surface area (Å²) in [4.78, 5) is 11.9. The van der Waals surface area contributed by atoms with E-state index in [9.17, 15) is 4.79 Å². The minimum absolute atomic E-state index is 0.0164. The number of hydrogen-bond acceptors (Lipinski definition) is 2. The molecule has 0 radical (unpaired) electrons. The highest BCUT2D eigenvalue weighted by Gasteiger charge is 2.13. The highest BCUT2D eigenvalue weighted by molar-refractivity contribution is 14.1. The predicted molar refractivity (Wildman–Crippen MR) is 84.3 cm³/mol. The smallest absolute Gasteiger partial charge is 0.252 e. The zero-order chi connectivity index (χ0) is 13.5. The van der Waals surface area contributed by atoms with Gasteiger partial charge in [-0.2, -0.15) is 0 Å². The molecule has 0 aliphatic heterocycles. The van der Waals surface area contributed by atoms with Gasteiger partial charge in [-0.15, -0.1) is 0 Å². The summed E-state index contributed by atoms with van der Waals surface area (Å²) in [6.45, 7) is 1.19. The van der Waals surface area contributed by atoms with Crippen LogP contribution in [0.5, 0.6) is 0 Å². The van der Waals surface area contributed by atoms with Crippen molar-refractivity contribution in [2.24, 2.45) is 0 Å². The van der Waals surface area contributed by atoms with Crippen molar-refractivity contribution < 1.29 is 9.53 Å². The minimum Gasteiger partial charge on any atom is -0.376 e. The summed E-state index contributed by atoms with van der Waals surface area (Å²) in [6, 6.07) is 7.60. The first-order valence-corrected chi connectivity index (χ1v) is 7.99. The molecule has 1 aliphatic rings. The van der Waals surface area contributed by atoms with Crippen molar-refractivity contribution in [1.29, 1.82) is 0 Å². The summed E-state index contributed by atoms with van der Waals surface area (Å²) in [5.74, 6) is -0.0164. The predicted octanol–water partition coefficient (Wildman–Crippen LogP) is 3.37. The highest BCUT2D eigenvalue weighted by Crippen LogP contribution is 2.19. The van der Waals surface area contributed by atoms with Gasteiger partial charge in [0, 0.05) is 10.1 Å². The Kier molecular flexibility index (Phi) is 6.10. The topological polar surface area (TPSA) is 38.3 Å². The van der Waals surface area contributed by atoms with Gasteiger partial charge in [0.2, 0.25) is 0 Å². The van der Waals surface area contributed by atoms with Gasteiger partial charge in [-0.25, -0.2) is 0 Å². The van der Waals surface area contributed by atoms with E-state index in [-0.39, 0.29) is 5.91 Å². The minimum atomic E-state index is -0.0164. The molecule has 0 bridgehead atoms. The van der Waals surface area contributed by atoms with Crippen LogP contribution in [0.15, 0.2) is 24.3 Å². The number of halogens is 1. The molecule has 1 N–H and O–H groups in total. The Morgan fingerprint density at radius 1 is 1.26 bits per heavy atom. The SMILES string of the molecule is O=C(NCCOC1CCCCC1)c1ccccc1I. The first-order chi connectivity index (χ1) is 9.27. The number of nitrogens with one attached hydrogen (secondary N) is 1. The molecule has 4 heteroatoms. The van der Waals surface area contributed by atoms with Gasteiger partial charge >= 0.3 is 0 Å². The molecule has 0 saturated heterocycles. The zero-order valence-electron chi connectivity index (χ0n) is 11.0. The van der Waals surface area contributed by atoms with Gasteiger partial charge in [-0.3, -0.25) is 4.79 Å². The van der Waals surface area contributed by atoms with Crippen molar-refractivity contribution in [3.63, 3.8) is 0 Å². The monoisotopic (exact) mass is 373 g/mol. The Hall–Kier alpha value is -0.620. The van der Waals surface area contributed by atoms with E-state index in [4.69, 9.17) is 4.74 Å². The lowest BCUT2D eigenvalue weighted by atomic mass is 9.98. The van der Waals surface area contributed by atoms with Crippen molar-refractivity contribution in [2.45, 2.75) is 38.2 Å². The summed E-state index contributed by atoms with van der Waals surface area (Å²) in [5, 5.41) is 2.91. The second kappa shape index (κ2) is 7.85. The van der Waals surface area contributed by atoms with Gasteiger partial charge in [-0.05, 0) is 47.6 Å². The summed E-state index contributed by atoms with van der Waals surface area (Å²) < 4.78 is 6.76. The van der Waals surface area contributed by atoms with Gasteiger partial charge in [0.15, 0.2) is 0 Å². The van der Waals surface area contributed by atoms with E-state index < -0.39 is 0 Å². The molecule has 1 aromatic rings. The van der Waals surface area contributed by atoms with E-state index in [2.05, 4.69) is 27.9 Å². The molecule has 0 spiro atoms. The van der Waals surface area contributed by atoms with E-state index >= 15 is 0 Å². The normalized spacial score (nSPS) is 16.3. The van der Waals surface area contributed by atoms with Crippen LogP contribution in [0.25, 0.3) is 0 Å². The number of carbonyl (C=O) groups excluding carboxylic acids is 1. The van der Waals surface area contributed by atoms with Gasteiger partial charge in [-0.1, -0.05) is 31.4 Å². The number of benzene rings is 1. The fourth-order valence-electron chi connectivity index (χ4n) is 2.36. The van der Waals surface area contributed by atoms with E-state index in [1.807, 2.05) is 24.3 Å². The van der Waals surface area contributed by atoms with E-state index in [0.29, 0.717) is 19.3 Å². The fraction of sp³-hybridized carbons (Fsp3) is 0.533. The maximum absolute atomic E-state index is 11.9. The van der Waals surface area contributed by atoms with Crippen molar-refractivity contribution in [1.82, 2.24) is 5.32 Å². The average molecular weight is 373 g/mol. The second-order valence-electron chi connectivity index (χ2n) is 4.87. The molecule has 0 heterocycles. The molecule has 19 heavy (non-hydrogen) atoms. The van der Waals surface area contributed by atoms with Crippen LogP contribution in [0, 0.1) is 3.57 Å². The Labute approximate surface area is 128 Å². The lowest BCUT2D eigenvalue weighted by molar-refractivity contribution is 0.0299. The van der Waals surface area contributed by atoms with Crippen molar-refractivity contribution >= 4 is 28.5 Å². The number of ether oxygens (including phenoxy) is 1. The molecule has 3 nitrogen and oxygen atoms in total. The molecular formula is C15H20INO2. The Morgan fingerprint density at radius 3 is 2.74 bits per heavy atom. The van der Waals surface area contributed by atoms with Gasteiger partial charge in [0.1, 0.15) is 0 Å². The van der Waals surface area contributed by atoms with Crippen LogP contribution in [0.2, 0.25) is 0 Å². The van der Waals surface area contributed by atoms with Gasteiger partial charge in [0.05, 0.1) is 18.3 Å².